The molecule has 0 atom stereocenters. The van der Waals surface area contributed by atoms with Crippen LogP contribution in [0.4, 0.5) is 0 Å². The molecule has 0 radical (unpaired) electrons. The molecule has 0 fully saturated rings. The Bertz CT molecular complexity index is 323. The van der Waals surface area contributed by atoms with Crippen molar-refractivity contribution in [1.82, 2.24) is 4.57 Å². The maximum Gasteiger partial charge on any atom is 0.0403 e. The number of nitrogens with zero attached hydrogens (tertiary/aromatic N) is 1. The van der Waals surface area contributed by atoms with Crippen LogP contribution in [-0.2, 0) is 12.5 Å². The summed E-state index contributed by atoms with van der Waals surface area (Å²) < 4.78 is 2.19. The second-order valence-electron chi connectivity index (χ2n) is 4.83. The molecule has 0 saturated heterocycles. The van der Waals surface area contributed by atoms with Crippen molar-refractivity contribution in [2.75, 3.05) is 0 Å². The maximum atomic E-state index is 2.27. The second kappa shape index (κ2) is 4.04. The van der Waals surface area contributed by atoms with Gasteiger partial charge >= 0.3 is 0 Å². The van der Waals surface area contributed by atoms with E-state index < -0.39 is 0 Å². The number of aromatic nitrogens is 1. The van der Waals surface area contributed by atoms with Crippen LogP contribution in [0.3, 0.4) is 0 Å². The molecule has 1 heteroatoms. The lowest BCUT2D eigenvalue weighted by Gasteiger charge is -2.15. The van der Waals surface area contributed by atoms with Crippen molar-refractivity contribution in [1.29, 1.82) is 0 Å². The van der Waals surface area contributed by atoms with Crippen molar-refractivity contribution in [3.63, 3.8) is 0 Å². The first-order chi connectivity index (χ1) is 6.45. The summed E-state index contributed by atoms with van der Waals surface area (Å²) in [5.41, 5.74) is 2.93. The van der Waals surface area contributed by atoms with E-state index in [1.807, 2.05) is 0 Å². The Balaban J connectivity index is 2.99. The van der Waals surface area contributed by atoms with Crippen LogP contribution in [0, 0.1) is 0 Å². The van der Waals surface area contributed by atoms with E-state index in [4.69, 9.17) is 0 Å². The molecule has 1 nitrogen and oxygen atoms in total. The van der Waals surface area contributed by atoms with Gasteiger partial charge in [0.2, 0.25) is 0 Å². The quantitative estimate of drug-likeness (QED) is 0.671. The minimum atomic E-state index is 0.246. The molecular formula is C13H21N. The average molecular weight is 191 g/mol. The van der Waals surface area contributed by atoms with Crippen molar-refractivity contribution in [2.24, 2.45) is 7.05 Å². The second-order valence-corrected chi connectivity index (χ2v) is 4.83. The summed E-state index contributed by atoms with van der Waals surface area (Å²) in [4.78, 5) is 0. The Morgan fingerprint density at radius 1 is 1.36 bits per heavy atom. The highest BCUT2D eigenvalue weighted by molar-refractivity contribution is 5.48. The molecular weight excluding hydrogens is 170 g/mol. The summed E-state index contributed by atoms with van der Waals surface area (Å²) in [6, 6.07) is 2.27. The molecule has 0 N–H and O–H groups in total. The lowest BCUT2D eigenvalue weighted by atomic mass is 9.89. The van der Waals surface area contributed by atoms with Crippen molar-refractivity contribution in [3.05, 3.63) is 29.6 Å². The van der Waals surface area contributed by atoms with Crippen molar-refractivity contribution >= 4 is 6.08 Å². The smallest absolute Gasteiger partial charge is 0.0403 e. The van der Waals surface area contributed by atoms with Crippen LogP contribution < -0.4 is 0 Å². The van der Waals surface area contributed by atoms with Gasteiger partial charge in [-0.15, -0.1) is 0 Å². The summed E-state index contributed by atoms with van der Waals surface area (Å²) in [6.07, 6.45) is 7.70. The van der Waals surface area contributed by atoms with Crippen LogP contribution in [0.1, 0.15) is 45.4 Å². The zero-order valence-electron chi connectivity index (χ0n) is 9.96. The number of aryl methyl sites for hydroxylation is 1. The first-order valence-electron chi connectivity index (χ1n) is 5.28. The van der Waals surface area contributed by atoms with Gasteiger partial charge in [0.05, 0.1) is 0 Å². The van der Waals surface area contributed by atoms with E-state index in [1.165, 1.54) is 11.3 Å². The Hall–Kier alpha value is -0.980. The lowest BCUT2D eigenvalue weighted by Crippen LogP contribution is -2.09. The third kappa shape index (κ3) is 2.50. The van der Waals surface area contributed by atoms with Gasteiger partial charge in [-0.25, -0.2) is 0 Å². The van der Waals surface area contributed by atoms with Crippen LogP contribution in [0.2, 0.25) is 0 Å². The van der Waals surface area contributed by atoms with Crippen LogP contribution >= 0.6 is 0 Å². The standard InChI is InChI=1S/C13H21N/c1-6-7-8-12-9-11(10-14(12)5)13(2,3)4/h7-10H,6H2,1-5H3/b8-7-. The molecule has 1 aromatic heterocycles. The minimum Gasteiger partial charge on any atom is -0.351 e. The highest BCUT2D eigenvalue weighted by Crippen LogP contribution is 2.24. The topological polar surface area (TPSA) is 4.93 Å². The van der Waals surface area contributed by atoms with Gasteiger partial charge in [-0.2, -0.15) is 0 Å². The van der Waals surface area contributed by atoms with E-state index in [-0.39, 0.29) is 5.41 Å². The molecule has 0 bridgehead atoms. The Morgan fingerprint density at radius 2 is 2.00 bits per heavy atom. The number of allylic oxidation sites excluding steroid dienone is 1. The molecule has 0 aliphatic carbocycles. The third-order valence-corrected chi connectivity index (χ3v) is 2.43. The zero-order valence-corrected chi connectivity index (χ0v) is 9.96. The molecule has 0 unspecified atom stereocenters. The van der Waals surface area contributed by atoms with Gasteiger partial charge in [-0.3, -0.25) is 0 Å². The number of hydrogen-bond donors (Lipinski definition) is 0. The van der Waals surface area contributed by atoms with E-state index in [0.29, 0.717) is 0 Å². The fourth-order valence-electron chi connectivity index (χ4n) is 1.40. The predicted molar refractivity (Wildman–Crippen MR) is 63.4 cm³/mol. The van der Waals surface area contributed by atoms with Crippen molar-refractivity contribution in [2.45, 2.75) is 39.5 Å². The summed E-state index contributed by atoms with van der Waals surface area (Å²) in [5.74, 6) is 0. The van der Waals surface area contributed by atoms with E-state index in [1.54, 1.807) is 0 Å². The van der Waals surface area contributed by atoms with E-state index >= 15 is 0 Å². The number of hydrogen-bond acceptors (Lipinski definition) is 0. The first kappa shape index (κ1) is 11.1. The Morgan fingerprint density at radius 3 is 2.43 bits per heavy atom. The predicted octanol–water partition coefficient (Wildman–Crippen LogP) is 3.75. The monoisotopic (exact) mass is 191 g/mol. The largest absolute Gasteiger partial charge is 0.351 e. The summed E-state index contributed by atoms with van der Waals surface area (Å²) in [6.45, 7) is 8.89. The fraction of sp³-hybridized carbons (Fsp3) is 0.538. The van der Waals surface area contributed by atoms with Crippen LogP contribution in [0.5, 0.6) is 0 Å². The van der Waals surface area contributed by atoms with Crippen LogP contribution in [0.25, 0.3) is 6.08 Å². The van der Waals surface area contributed by atoms with Gasteiger partial charge < -0.3 is 4.57 Å². The molecule has 78 valence electrons. The van der Waals surface area contributed by atoms with Gasteiger partial charge in [0, 0.05) is 18.9 Å². The molecule has 0 spiro atoms. The first-order valence-corrected chi connectivity index (χ1v) is 5.28. The molecule has 0 aliphatic rings. The molecule has 1 heterocycles. The summed E-state index contributed by atoms with van der Waals surface area (Å²) in [5, 5.41) is 0. The van der Waals surface area contributed by atoms with Gasteiger partial charge in [-0.05, 0) is 29.5 Å². The van der Waals surface area contributed by atoms with E-state index in [0.717, 1.165) is 6.42 Å². The molecule has 0 aliphatic heterocycles. The van der Waals surface area contributed by atoms with E-state index in [9.17, 15) is 0 Å². The van der Waals surface area contributed by atoms with Crippen molar-refractivity contribution in [3.8, 4) is 0 Å². The highest BCUT2D eigenvalue weighted by Gasteiger charge is 2.15. The molecule has 14 heavy (non-hydrogen) atoms. The lowest BCUT2D eigenvalue weighted by molar-refractivity contribution is 0.589. The van der Waals surface area contributed by atoms with Crippen LogP contribution in [0.15, 0.2) is 18.3 Å². The molecule has 0 amide bonds. The minimum absolute atomic E-state index is 0.246. The Kier molecular flexibility index (Phi) is 3.20. The number of rotatable bonds is 2. The molecule has 0 saturated carbocycles. The molecule has 1 aromatic rings. The third-order valence-electron chi connectivity index (χ3n) is 2.43. The van der Waals surface area contributed by atoms with E-state index in [2.05, 4.69) is 63.7 Å². The zero-order chi connectivity index (χ0) is 10.8. The SMILES string of the molecule is CC/C=C\c1cc(C(C)(C)C)cn1C. The average Bonchev–Trinajstić information content (AvgIpc) is 2.43. The van der Waals surface area contributed by atoms with Gasteiger partial charge in [0.1, 0.15) is 0 Å². The maximum absolute atomic E-state index is 2.27. The fourth-order valence-corrected chi connectivity index (χ4v) is 1.40. The summed E-state index contributed by atoms with van der Waals surface area (Å²) >= 11 is 0. The van der Waals surface area contributed by atoms with Crippen LogP contribution in [-0.4, -0.2) is 4.57 Å². The normalized spacial score (nSPS) is 12.6. The van der Waals surface area contributed by atoms with Gasteiger partial charge in [-0.1, -0.05) is 33.8 Å². The Labute approximate surface area is 87.4 Å². The molecule has 0 aromatic carbocycles. The van der Waals surface area contributed by atoms with Crippen molar-refractivity contribution < 1.29 is 0 Å². The summed E-state index contributed by atoms with van der Waals surface area (Å²) in [7, 11) is 2.10. The van der Waals surface area contributed by atoms with Gasteiger partial charge in [0.25, 0.3) is 0 Å². The molecule has 1 rings (SSSR count). The van der Waals surface area contributed by atoms with Gasteiger partial charge in [0.15, 0.2) is 0 Å². The highest BCUT2D eigenvalue weighted by atomic mass is 14.9.